The summed E-state index contributed by atoms with van der Waals surface area (Å²) >= 11 is 8.88. The summed E-state index contributed by atoms with van der Waals surface area (Å²) in [6.07, 6.45) is 6.13. The number of anilines is 1. The molecular formula is C24H27N3O2S3. The van der Waals surface area contributed by atoms with E-state index in [1.165, 1.54) is 11.8 Å². The molecule has 1 aromatic heterocycles. The van der Waals surface area contributed by atoms with Crippen LogP contribution in [0.2, 0.25) is 0 Å². The lowest BCUT2D eigenvalue weighted by molar-refractivity contribution is -0.123. The Hall–Kier alpha value is -1.77. The van der Waals surface area contributed by atoms with Crippen LogP contribution < -0.4 is 10.5 Å². The Morgan fingerprint density at radius 2 is 1.84 bits per heavy atom. The number of nitrogens with zero attached hydrogens (tertiary/aromatic N) is 3. The Morgan fingerprint density at radius 3 is 2.56 bits per heavy atom. The van der Waals surface area contributed by atoms with Gasteiger partial charge in [-0.05, 0) is 31.9 Å². The highest BCUT2D eigenvalue weighted by Crippen LogP contribution is 2.39. The fraction of sp³-hybridized carbons (Fsp3) is 0.458. The van der Waals surface area contributed by atoms with Gasteiger partial charge in [-0.2, -0.15) is 11.8 Å². The van der Waals surface area contributed by atoms with Gasteiger partial charge in [0.15, 0.2) is 0 Å². The number of para-hydroxylation sites is 1. The molecular weight excluding hydrogens is 458 g/mol. The lowest BCUT2D eigenvalue weighted by Gasteiger charge is -2.31. The lowest BCUT2D eigenvalue weighted by atomic mass is 10.1. The van der Waals surface area contributed by atoms with Crippen molar-refractivity contribution in [1.29, 1.82) is 0 Å². The molecule has 32 heavy (non-hydrogen) atoms. The average Bonchev–Trinajstić information content (AvgIpc) is 3.42. The maximum absolute atomic E-state index is 13.7. The molecule has 1 amide bonds. The first-order valence-electron chi connectivity index (χ1n) is 11.4. The number of rotatable bonds is 4. The zero-order valence-electron chi connectivity index (χ0n) is 18.2. The van der Waals surface area contributed by atoms with Crippen LogP contribution in [0.15, 0.2) is 34.0 Å². The summed E-state index contributed by atoms with van der Waals surface area (Å²) in [6, 6.07) is 8.33. The van der Waals surface area contributed by atoms with Crippen molar-refractivity contribution < 1.29 is 4.79 Å². The van der Waals surface area contributed by atoms with E-state index in [-0.39, 0.29) is 17.5 Å². The Morgan fingerprint density at radius 1 is 1.12 bits per heavy atom. The van der Waals surface area contributed by atoms with Crippen molar-refractivity contribution in [2.24, 2.45) is 0 Å². The molecule has 0 radical (unpaired) electrons. The van der Waals surface area contributed by atoms with Gasteiger partial charge >= 0.3 is 0 Å². The predicted molar refractivity (Wildman–Crippen MR) is 141 cm³/mol. The molecule has 8 heteroatoms. The van der Waals surface area contributed by atoms with Crippen molar-refractivity contribution in [2.75, 3.05) is 29.5 Å². The predicted octanol–water partition coefficient (Wildman–Crippen LogP) is 4.72. The van der Waals surface area contributed by atoms with Gasteiger partial charge in [0.1, 0.15) is 4.32 Å². The number of amides is 1. The Labute approximate surface area is 202 Å². The normalized spacial score (nSPS) is 21.5. The molecule has 3 aliphatic rings. The maximum Gasteiger partial charge on any atom is 0.266 e. The smallest absolute Gasteiger partial charge is 0.266 e. The van der Waals surface area contributed by atoms with Crippen molar-refractivity contribution in [3.05, 3.63) is 45.1 Å². The van der Waals surface area contributed by atoms with Crippen LogP contribution in [-0.2, 0) is 11.3 Å². The zero-order chi connectivity index (χ0) is 22.2. The molecule has 5 nitrogen and oxygen atoms in total. The molecule has 0 spiro atoms. The molecule has 0 unspecified atom stereocenters. The number of pyridine rings is 1. The fourth-order valence-electron chi connectivity index (χ4n) is 5.07. The number of hydrogen-bond acceptors (Lipinski definition) is 6. The van der Waals surface area contributed by atoms with Gasteiger partial charge in [0.05, 0.1) is 21.7 Å². The van der Waals surface area contributed by atoms with Crippen LogP contribution >= 0.6 is 35.7 Å². The van der Waals surface area contributed by atoms with Gasteiger partial charge in [-0.3, -0.25) is 14.5 Å². The van der Waals surface area contributed by atoms with E-state index in [9.17, 15) is 9.59 Å². The number of carbonyl (C=O) groups is 1. The van der Waals surface area contributed by atoms with Crippen molar-refractivity contribution in [3.63, 3.8) is 0 Å². The molecule has 1 saturated carbocycles. The zero-order valence-corrected chi connectivity index (χ0v) is 20.7. The maximum atomic E-state index is 13.7. The van der Waals surface area contributed by atoms with Crippen LogP contribution in [0.25, 0.3) is 17.0 Å². The van der Waals surface area contributed by atoms with Crippen LogP contribution in [0.4, 0.5) is 5.69 Å². The molecule has 3 fully saturated rings. The highest BCUT2D eigenvalue weighted by Gasteiger charge is 2.38. The third-order valence-electron chi connectivity index (χ3n) is 6.61. The van der Waals surface area contributed by atoms with E-state index < -0.39 is 0 Å². The number of fused-ring (bicyclic) bond motifs is 1. The number of aromatic nitrogens is 1. The first-order valence-corrected chi connectivity index (χ1v) is 13.7. The molecule has 0 bridgehead atoms. The summed E-state index contributed by atoms with van der Waals surface area (Å²) in [7, 11) is 0. The summed E-state index contributed by atoms with van der Waals surface area (Å²) in [4.78, 5) is 31.8. The molecule has 2 aromatic rings. The molecule has 1 aromatic carbocycles. The third-order valence-corrected chi connectivity index (χ3v) is 8.89. The van der Waals surface area contributed by atoms with Gasteiger partial charge in [0.25, 0.3) is 11.5 Å². The molecule has 2 saturated heterocycles. The Bertz CT molecular complexity index is 1160. The van der Waals surface area contributed by atoms with Gasteiger partial charge in [-0.25, -0.2) is 0 Å². The first kappa shape index (κ1) is 22.0. The van der Waals surface area contributed by atoms with Crippen LogP contribution in [0.5, 0.6) is 0 Å². The summed E-state index contributed by atoms with van der Waals surface area (Å²) < 4.78 is 2.45. The van der Waals surface area contributed by atoms with Crippen molar-refractivity contribution in [2.45, 2.75) is 45.2 Å². The van der Waals surface area contributed by atoms with E-state index in [0.29, 0.717) is 21.3 Å². The van der Waals surface area contributed by atoms with E-state index in [1.54, 1.807) is 4.90 Å². The summed E-state index contributed by atoms with van der Waals surface area (Å²) in [5.41, 5.74) is 2.49. The summed E-state index contributed by atoms with van der Waals surface area (Å²) in [5, 5.41) is 1.07. The van der Waals surface area contributed by atoms with E-state index in [1.807, 2.05) is 47.5 Å². The van der Waals surface area contributed by atoms with Crippen molar-refractivity contribution in [3.8, 4) is 0 Å². The van der Waals surface area contributed by atoms with Crippen molar-refractivity contribution >= 4 is 68.6 Å². The second kappa shape index (κ2) is 9.23. The molecule has 0 atom stereocenters. The third kappa shape index (κ3) is 3.80. The van der Waals surface area contributed by atoms with Gasteiger partial charge < -0.3 is 9.47 Å². The molecule has 0 N–H and O–H groups in total. The minimum atomic E-state index is -0.0392. The monoisotopic (exact) mass is 485 g/mol. The molecule has 3 heterocycles. The van der Waals surface area contributed by atoms with Crippen molar-refractivity contribution in [1.82, 2.24) is 9.47 Å². The second-order valence-electron chi connectivity index (χ2n) is 8.42. The number of aryl methyl sites for hydroxylation is 1. The minimum Gasteiger partial charge on any atom is -0.369 e. The van der Waals surface area contributed by atoms with Crippen LogP contribution in [0.3, 0.4) is 0 Å². The average molecular weight is 486 g/mol. The Balaban J connectivity index is 1.68. The molecule has 168 valence electrons. The summed E-state index contributed by atoms with van der Waals surface area (Å²) in [6.45, 7) is 4.37. The standard InChI is InChI=1S/C24H27N3O2S3/c1-2-26-19-10-6-5-9-17(19)21(25-11-13-31-14-12-25)18(22(26)28)15-20-23(29)27(24(30)32-20)16-7-3-4-8-16/h5-6,9-10,15-16H,2-4,7-8,11-14H2,1H3. The minimum absolute atomic E-state index is 0.0365. The first-order chi connectivity index (χ1) is 15.6. The lowest BCUT2D eigenvalue weighted by Crippen LogP contribution is -2.37. The Kier molecular flexibility index (Phi) is 6.36. The quantitative estimate of drug-likeness (QED) is 0.461. The number of carbonyl (C=O) groups excluding carboxylic acids is 1. The number of hydrogen-bond donors (Lipinski definition) is 0. The van der Waals surface area contributed by atoms with Gasteiger partial charge in [-0.1, -0.05) is 55.0 Å². The topological polar surface area (TPSA) is 45.6 Å². The fourth-order valence-corrected chi connectivity index (χ4v) is 7.36. The highest BCUT2D eigenvalue weighted by atomic mass is 32.2. The van der Waals surface area contributed by atoms with Gasteiger partial charge in [0.2, 0.25) is 0 Å². The van der Waals surface area contributed by atoms with Crippen LogP contribution in [-0.4, -0.2) is 50.3 Å². The largest absolute Gasteiger partial charge is 0.369 e. The van der Waals surface area contributed by atoms with E-state index in [4.69, 9.17) is 12.2 Å². The molecule has 1 aliphatic carbocycles. The van der Waals surface area contributed by atoms with Gasteiger partial charge in [-0.15, -0.1) is 0 Å². The van der Waals surface area contributed by atoms with E-state index in [0.717, 1.165) is 66.9 Å². The second-order valence-corrected chi connectivity index (χ2v) is 11.3. The number of benzene rings is 1. The van der Waals surface area contributed by atoms with E-state index in [2.05, 4.69) is 11.0 Å². The number of thioether (sulfide) groups is 2. The molecule has 2 aliphatic heterocycles. The van der Waals surface area contributed by atoms with Crippen LogP contribution in [0.1, 0.15) is 38.2 Å². The van der Waals surface area contributed by atoms with E-state index >= 15 is 0 Å². The SMILES string of the molecule is CCn1c(=O)c(C=C2SC(=S)N(C3CCCC3)C2=O)c(N2CCSCC2)c2ccccc21. The number of thiocarbonyl (C=S) groups is 1. The van der Waals surface area contributed by atoms with Crippen LogP contribution in [0, 0.1) is 0 Å². The summed E-state index contributed by atoms with van der Waals surface area (Å²) in [5.74, 6) is 2.03. The molecule has 5 rings (SSSR count). The highest BCUT2D eigenvalue weighted by molar-refractivity contribution is 8.26. The van der Waals surface area contributed by atoms with Gasteiger partial charge in [0, 0.05) is 42.6 Å².